The number of aromatic nitrogens is 1. The highest BCUT2D eigenvalue weighted by atomic mass is 79.9. The number of nitrogens with zero attached hydrogens (tertiary/aromatic N) is 2. The lowest BCUT2D eigenvalue weighted by Gasteiger charge is -2.22. The minimum absolute atomic E-state index is 0.241. The molecule has 1 heterocycles. The molecule has 0 spiro atoms. The number of carboxylic acids is 1. The maximum atomic E-state index is 14.3. The van der Waals surface area contributed by atoms with Crippen LogP contribution in [0.3, 0.4) is 0 Å². The molecule has 0 aliphatic heterocycles. The van der Waals surface area contributed by atoms with Crippen molar-refractivity contribution in [2.24, 2.45) is 0 Å². The maximum Gasteiger partial charge on any atom is 0.335 e. The molecule has 164 valence electrons. The standard InChI is InChI=1S/C24H20BrFN2O3S/c1-31-21-10-7-15(13-18(21)25)11-12-28(14-16-5-8-17(9-6-16)23(29)30)24-27-20-4-2-3-19(26)22(20)32-24/h2-10,13H,11-12,14H2,1H3,(H,29,30). The van der Waals surface area contributed by atoms with Gasteiger partial charge in [-0.05, 0) is 69.9 Å². The van der Waals surface area contributed by atoms with Gasteiger partial charge in [-0.3, -0.25) is 0 Å². The second kappa shape index (κ2) is 9.67. The molecule has 0 unspecified atom stereocenters. The zero-order valence-electron chi connectivity index (χ0n) is 17.2. The molecule has 4 rings (SSSR count). The van der Waals surface area contributed by atoms with E-state index < -0.39 is 5.97 Å². The van der Waals surface area contributed by atoms with Crippen molar-refractivity contribution in [1.29, 1.82) is 0 Å². The van der Waals surface area contributed by atoms with Crippen LogP contribution in [-0.4, -0.2) is 29.7 Å². The predicted molar refractivity (Wildman–Crippen MR) is 128 cm³/mol. The van der Waals surface area contributed by atoms with Crippen LogP contribution in [0, 0.1) is 5.82 Å². The largest absolute Gasteiger partial charge is 0.496 e. The van der Waals surface area contributed by atoms with E-state index in [0.29, 0.717) is 23.3 Å². The second-order valence-electron chi connectivity index (χ2n) is 7.23. The Kier molecular flexibility index (Phi) is 6.72. The number of benzene rings is 3. The highest BCUT2D eigenvalue weighted by Crippen LogP contribution is 2.32. The van der Waals surface area contributed by atoms with Crippen LogP contribution < -0.4 is 9.64 Å². The van der Waals surface area contributed by atoms with Crippen LogP contribution in [0.1, 0.15) is 21.5 Å². The van der Waals surface area contributed by atoms with Crippen molar-refractivity contribution in [3.63, 3.8) is 0 Å². The van der Waals surface area contributed by atoms with E-state index in [2.05, 4.69) is 25.8 Å². The van der Waals surface area contributed by atoms with Gasteiger partial charge in [0.15, 0.2) is 5.13 Å². The van der Waals surface area contributed by atoms with E-state index in [1.165, 1.54) is 17.4 Å². The van der Waals surface area contributed by atoms with Gasteiger partial charge in [0.1, 0.15) is 11.6 Å². The number of hydrogen-bond donors (Lipinski definition) is 1. The molecule has 1 N–H and O–H groups in total. The highest BCUT2D eigenvalue weighted by Gasteiger charge is 2.16. The Balaban J connectivity index is 1.61. The summed E-state index contributed by atoms with van der Waals surface area (Å²) in [6, 6.07) is 17.6. The molecule has 0 fully saturated rings. The Morgan fingerprint density at radius 3 is 2.56 bits per heavy atom. The third kappa shape index (κ3) is 4.92. The van der Waals surface area contributed by atoms with Crippen LogP contribution in [0.4, 0.5) is 9.52 Å². The molecular formula is C24H20BrFN2O3S. The molecule has 1 aromatic heterocycles. The molecule has 0 aliphatic carbocycles. The fourth-order valence-corrected chi connectivity index (χ4v) is 4.97. The van der Waals surface area contributed by atoms with Crippen molar-refractivity contribution >= 4 is 48.6 Å². The maximum absolute atomic E-state index is 14.3. The number of carbonyl (C=O) groups is 1. The summed E-state index contributed by atoms with van der Waals surface area (Å²) in [6.07, 6.45) is 0.744. The Bertz CT molecular complexity index is 1260. The summed E-state index contributed by atoms with van der Waals surface area (Å²) in [5.74, 6) is -0.470. The summed E-state index contributed by atoms with van der Waals surface area (Å²) in [4.78, 5) is 17.9. The van der Waals surface area contributed by atoms with Gasteiger partial charge >= 0.3 is 5.97 Å². The number of ether oxygens (including phenoxy) is 1. The summed E-state index contributed by atoms with van der Waals surface area (Å²) in [7, 11) is 1.63. The van der Waals surface area contributed by atoms with Crippen LogP contribution in [0.15, 0.2) is 65.1 Å². The van der Waals surface area contributed by atoms with E-state index in [4.69, 9.17) is 9.84 Å². The zero-order chi connectivity index (χ0) is 22.7. The molecule has 0 atom stereocenters. The lowest BCUT2D eigenvalue weighted by Crippen LogP contribution is -2.25. The molecular weight excluding hydrogens is 495 g/mol. The first-order valence-electron chi connectivity index (χ1n) is 9.89. The molecule has 4 aromatic rings. The second-order valence-corrected chi connectivity index (χ2v) is 9.06. The number of halogens is 2. The first-order valence-corrected chi connectivity index (χ1v) is 11.5. The lowest BCUT2D eigenvalue weighted by molar-refractivity contribution is 0.0697. The van der Waals surface area contributed by atoms with Gasteiger partial charge in [0.25, 0.3) is 0 Å². The van der Waals surface area contributed by atoms with Crippen molar-refractivity contribution in [3.05, 3.63) is 87.6 Å². The van der Waals surface area contributed by atoms with Crippen LogP contribution in [0.25, 0.3) is 10.2 Å². The number of carboxylic acid groups (broad SMARTS) is 1. The molecule has 0 saturated carbocycles. The van der Waals surface area contributed by atoms with Gasteiger partial charge in [-0.25, -0.2) is 14.2 Å². The number of anilines is 1. The van der Waals surface area contributed by atoms with Crippen molar-refractivity contribution in [2.75, 3.05) is 18.6 Å². The summed E-state index contributed by atoms with van der Waals surface area (Å²) < 4.78 is 21.0. The van der Waals surface area contributed by atoms with Crippen LogP contribution in [0.2, 0.25) is 0 Å². The smallest absolute Gasteiger partial charge is 0.335 e. The van der Waals surface area contributed by atoms with E-state index in [0.717, 1.165) is 32.9 Å². The number of hydrogen-bond acceptors (Lipinski definition) is 5. The van der Waals surface area contributed by atoms with Crippen LogP contribution in [-0.2, 0) is 13.0 Å². The summed E-state index contributed by atoms with van der Waals surface area (Å²) in [5, 5.41) is 9.87. The van der Waals surface area contributed by atoms with Crippen molar-refractivity contribution < 1.29 is 19.0 Å². The van der Waals surface area contributed by atoms with Gasteiger partial charge in [-0.2, -0.15) is 0 Å². The molecule has 0 aliphatic rings. The van der Waals surface area contributed by atoms with E-state index >= 15 is 0 Å². The monoisotopic (exact) mass is 514 g/mol. The first kappa shape index (κ1) is 22.2. The van der Waals surface area contributed by atoms with Crippen molar-refractivity contribution in [3.8, 4) is 5.75 Å². The third-order valence-corrected chi connectivity index (χ3v) is 6.85. The van der Waals surface area contributed by atoms with E-state index in [1.807, 2.05) is 18.2 Å². The Morgan fingerprint density at radius 1 is 1.16 bits per heavy atom. The van der Waals surface area contributed by atoms with E-state index in [1.54, 1.807) is 43.5 Å². The normalized spacial score (nSPS) is 11.0. The van der Waals surface area contributed by atoms with Crippen molar-refractivity contribution in [1.82, 2.24) is 4.98 Å². The summed E-state index contributed by atoms with van der Waals surface area (Å²) >= 11 is 4.84. The average molecular weight is 515 g/mol. The molecule has 5 nitrogen and oxygen atoms in total. The summed E-state index contributed by atoms with van der Waals surface area (Å²) in [6.45, 7) is 1.18. The Hall–Kier alpha value is -2.97. The zero-order valence-corrected chi connectivity index (χ0v) is 19.6. The number of rotatable bonds is 8. The number of thiazole rings is 1. The van der Waals surface area contributed by atoms with Crippen LogP contribution >= 0.6 is 27.3 Å². The average Bonchev–Trinajstić information content (AvgIpc) is 3.22. The topological polar surface area (TPSA) is 62.7 Å². The van der Waals surface area contributed by atoms with Gasteiger partial charge in [-0.1, -0.05) is 35.6 Å². The molecule has 3 aromatic carbocycles. The number of fused-ring (bicyclic) bond motifs is 1. The number of methoxy groups -OCH3 is 1. The fourth-order valence-electron chi connectivity index (χ4n) is 3.38. The lowest BCUT2D eigenvalue weighted by atomic mass is 10.1. The third-order valence-electron chi connectivity index (χ3n) is 5.09. The minimum Gasteiger partial charge on any atom is -0.496 e. The highest BCUT2D eigenvalue weighted by molar-refractivity contribution is 9.10. The SMILES string of the molecule is COc1ccc(CCN(Cc2ccc(C(=O)O)cc2)c2nc3cccc(F)c3s2)cc1Br. The Morgan fingerprint density at radius 2 is 1.91 bits per heavy atom. The van der Waals surface area contributed by atoms with Gasteiger partial charge in [0.05, 0.1) is 27.4 Å². The van der Waals surface area contributed by atoms with E-state index in [9.17, 15) is 9.18 Å². The van der Waals surface area contributed by atoms with Crippen LogP contribution in [0.5, 0.6) is 5.75 Å². The quantitative estimate of drug-likeness (QED) is 0.305. The van der Waals surface area contributed by atoms with Gasteiger partial charge in [-0.15, -0.1) is 0 Å². The molecule has 0 saturated heterocycles. The predicted octanol–water partition coefficient (Wildman–Crippen LogP) is 6.15. The molecule has 0 amide bonds. The van der Waals surface area contributed by atoms with Crippen molar-refractivity contribution in [2.45, 2.75) is 13.0 Å². The van der Waals surface area contributed by atoms with E-state index in [-0.39, 0.29) is 11.4 Å². The molecule has 0 radical (unpaired) electrons. The summed E-state index contributed by atoms with van der Waals surface area (Å²) in [5.41, 5.74) is 2.94. The molecule has 0 bridgehead atoms. The fraction of sp³-hybridized carbons (Fsp3) is 0.167. The van der Waals surface area contributed by atoms with Gasteiger partial charge < -0.3 is 14.7 Å². The molecule has 8 heteroatoms. The molecule has 32 heavy (non-hydrogen) atoms. The van der Waals surface area contributed by atoms with Gasteiger partial charge in [0, 0.05) is 13.1 Å². The number of aromatic carboxylic acids is 1. The van der Waals surface area contributed by atoms with Gasteiger partial charge in [0.2, 0.25) is 0 Å². The minimum atomic E-state index is -0.958. The Labute approximate surface area is 197 Å². The first-order chi connectivity index (χ1) is 15.4.